The van der Waals surface area contributed by atoms with Crippen LogP contribution in [0.1, 0.15) is 13.3 Å². The van der Waals surface area contributed by atoms with Gasteiger partial charge in [0, 0.05) is 45.0 Å². The minimum absolute atomic E-state index is 0.151. The highest BCUT2D eigenvalue weighted by Crippen LogP contribution is 2.20. The molecule has 2 amide bonds. The zero-order valence-electron chi connectivity index (χ0n) is 16.9. The molecule has 0 atom stereocenters. The van der Waals surface area contributed by atoms with E-state index in [0.717, 1.165) is 50.6 Å². The number of hydrogen-bond donors (Lipinski definition) is 2. The van der Waals surface area contributed by atoms with E-state index < -0.39 is 0 Å². The van der Waals surface area contributed by atoms with Gasteiger partial charge >= 0.3 is 6.03 Å². The number of piperazine rings is 1. The van der Waals surface area contributed by atoms with Crippen LogP contribution in [0.2, 0.25) is 0 Å². The van der Waals surface area contributed by atoms with Gasteiger partial charge in [0.2, 0.25) is 0 Å². The molecule has 0 radical (unpaired) electrons. The summed E-state index contributed by atoms with van der Waals surface area (Å²) in [6.07, 6.45) is 0.929. The van der Waals surface area contributed by atoms with Crippen molar-refractivity contribution in [2.75, 3.05) is 56.1 Å². The van der Waals surface area contributed by atoms with Crippen LogP contribution >= 0.6 is 0 Å². The Morgan fingerprint density at radius 3 is 2.48 bits per heavy atom. The summed E-state index contributed by atoms with van der Waals surface area (Å²) >= 11 is 0. The Bertz CT molecular complexity index is 777. The topological polar surface area (TPSA) is 56.8 Å². The van der Waals surface area contributed by atoms with Crippen LogP contribution in [0.3, 0.4) is 0 Å². The second kappa shape index (κ2) is 10.7. The van der Waals surface area contributed by atoms with Gasteiger partial charge in [-0.1, -0.05) is 12.1 Å². The van der Waals surface area contributed by atoms with Crippen LogP contribution in [-0.4, -0.2) is 56.8 Å². The van der Waals surface area contributed by atoms with E-state index >= 15 is 0 Å². The molecule has 0 unspecified atom stereocenters. The number of ether oxygens (including phenoxy) is 1. The number of anilines is 2. The smallest absolute Gasteiger partial charge is 0.319 e. The number of rotatable bonds is 8. The molecule has 1 saturated heterocycles. The van der Waals surface area contributed by atoms with Crippen LogP contribution in [0.15, 0.2) is 48.5 Å². The van der Waals surface area contributed by atoms with Gasteiger partial charge < -0.3 is 20.3 Å². The summed E-state index contributed by atoms with van der Waals surface area (Å²) in [6.45, 7) is 7.58. The number of benzene rings is 2. The van der Waals surface area contributed by atoms with E-state index in [9.17, 15) is 9.18 Å². The van der Waals surface area contributed by atoms with Crippen LogP contribution < -0.4 is 20.3 Å². The number of nitrogens with zero attached hydrogens (tertiary/aromatic N) is 2. The first kappa shape index (κ1) is 20.9. The molecule has 6 nitrogen and oxygen atoms in total. The number of halogens is 1. The van der Waals surface area contributed by atoms with E-state index in [1.807, 2.05) is 43.3 Å². The van der Waals surface area contributed by atoms with Crippen LogP contribution in [0.25, 0.3) is 0 Å². The molecule has 0 saturated carbocycles. The average molecular weight is 400 g/mol. The monoisotopic (exact) mass is 400 g/mol. The summed E-state index contributed by atoms with van der Waals surface area (Å²) in [5.74, 6) is 0.636. The van der Waals surface area contributed by atoms with Crippen molar-refractivity contribution < 1.29 is 13.9 Å². The van der Waals surface area contributed by atoms with Crippen LogP contribution in [-0.2, 0) is 0 Å². The second-order valence-corrected chi connectivity index (χ2v) is 6.99. The fraction of sp³-hybridized carbons (Fsp3) is 0.409. The van der Waals surface area contributed by atoms with E-state index in [-0.39, 0.29) is 11.8 Å². The van der Waals surface area contributed by atoms with Crippen molar-refractivity contribution in [3.05, 3.63) is 54.3 Å². The number of para-hydroxylation sites is 1. The highest BCUT2D eigenvalue weighted by Gasteiger charge is 2.18. The van der Waals surface area contributed by atoms with Crippen molar-refractivity contribution in [3.8, 4) is 5.75 Å². The Hall–Kier alpha value is -2.80. The Labute approximate surface area is 171 Å². The maximum Gasteiger partial charge on any atom is 0.319 e. The summed E-state index contributed by atoms with van der Waals surface area (Å²) in [5, 5.41) is 5.45. The summed E-state index contributed by atoms with van der Waals surface area (Å²) in [7, 11) is 0. The van der Waals surface area contributed by atoms with Gasteiger partial charge in [-0.25, -0.2) is 9.18 Å². The number of urea groups is 1. The molecular weight excluding hydrogens is 371 g/mol. The maximum absolute atomic E-state index is 13.9. The Morgan fingerprint density at radius 1 is 1.07 bits per heavy atom. The molecule has 29 heavy (non-hydrogen) atoms. The van der Waals surface area contributed by atoms with Gasteiger partial charge in [-0.2, -0.15) is 0 Å². The average Bonchev–Trinajstić information content (AvgIpc) is 2.73. The number of hydrogen-bond acceptors (Lipinski definition) is 4. The molecule has 0 bridgehead atoms. The normalized spacial score (nSPS) is 14.5. The number of carbonyl (C=O) groups excluding carboxylic acids is 1. The fourth-order valence-corrected chi connectivity index (χ4v) is 3.37. The molecule has 0 aliphatic carbocycles. The standard InChI is InChI=1S/C22H29FN4O2/c1-2-24-22(28)25-18-8-10-19(11-9-18)29-17-5-12-26-13-15-27(16-14-26)21-7-4-3-6-20(21)23/h3-4,6-11H,2,5,12-17H2,1H3,(H2,24,25,28). The molecule has 0 spiro atoms. The largest absolute Gasteiger partial charge is 0.494 e. The lowest BCUT2D eigenvalue weighted by molar-refractivity contribution is 0.224. The molecule has 1 aliphatic heterocycles. The lowest BCUT2D eigenvalue weighted by Gasteiger charge is -2.36. The van der Waals surface area contributed by atoms with Crippen molar-refractivity contribution in [1.82, 2.24) is 10.2 Å². The van der Waals surface area contributed by atoms with Gasteiger partial charge in [0.05, 0.1) is 12.3 Å². The zero-order valence-corrected chi connectivity index (χ0v) is 16.9. The van der Waals surface area contributed by atoms with E-state index in [1.54, 1.807) is 6.07 Å². The van der Waals surface area contributed by atoms with Crippen molar-refractivity contribution in [3.63, 3.8) is 0 Å². The Morgan fingerprint density at radius 2 is 1.79 bits per heavy atom. The summed E-state index contributed by atoms with van der Waals surface area (Å²) in [4.78, 5) is 16.0. The minimum atomic E-state index is -0.212. The molecule has 2 aromatic carbocycles. The van der Waals surface area contributed by atoms with Crippen molar-refractivity contribution >= 4 is 17.4 Å². The molecule has 3 rings (SSSR count). The van der Waals surface area contributed by atoms with Gasteiger partial charge in [-0.05, 0) is 49.7 Å². The molecule has 2 aromatic rings. The fourth-order valence-electron chi connectivity index (χ4n) is 3.37. The predicted molar refractivity (Wildman–Crippen MR) is 114 cm³/mol. The summed E-state index contributed by atoms with van der Waals surface area (Å²) < 4.78 is 19.7. The molecule has 7 heteroatoms. The number of nitrogens with one attached hydrogen (secondary N) is 2. The van der Waals surface area contributed by atoms with Gasteiger partial charge in [0.15, 0.2) is 0 Å². The summed E-state index contributed by atoms with van der Waals surface area (Å²) in [5.41, 5.74) is 1.43. The van der Waals surface area contributed by atoms with Crippen LogP contribution in [0.4, 0.5) is 20.6 Å². The van der Waals surface area contributed by atoms with Crippen molar-refractivity contribution in [2.24, 2.45) is 0 Å². The lowest BCUT2D eigenvalue weighted by Crippen LogP contribution is -2.47. The van der Waals surface area contributed by atoms with Crippen molar-refractivity contribution in [2.45, 2.75) is 13.3 Å². The molecule has 1 fully saturated rings. The number of amides is 2. The first-order valence-corrected chi connectivity index (χ1v) is 10.2. The second-order valence-electron chi connectivity index (χ2n) is 6.99. The third-order valence-electron chi connectivity index (χ3n) is 4.90. The first-order chi connectivity index (χ1) is 14.2. The van der Waals surface area contributed by atoms with E-state index in [2.05, 4.69) is 20.4 Å². The molecule has 0 aromatic heterocycles. The molecule has 156 valence electrons. The third-order valence-corrected chi connectivity index (χ3v) is 4.90. The van der Waals surface area contributed by atoms with E-state index in [4.69, 9.17) is 4.74 Å². The van der Waals surface area contributed by atoms with E-state index in [1.165, 1.54) is 6.07 Å². The molecule has 2 N–H and O–H groups in total. The SMILES string of the molecule is CCNC(=O)Nc1ccc(OCCCN2CCN(c3ccccc3F)CC2)cc1. The molecule has 1 aliphatic rings. The predicted octanol–water partition coefficient (Wildman–Crippen LogP) is 3.56. The quantitative estimate of drug-likeness (QED) is 0.666. The Balaban J connectivity index is 1.33. The highest BCUT2D eigenvalue weighted by atomic mass is 19.1. The molecule has 1 heterocycles. The van der Waals surface area contributed by atoms with Crippen molar-refractivity contribution in [1.29, 1.82) is 0 Å². The lowest BCUT2D eigenvalue weighted by atomic mass is 10.2. The van der Waals surface area contributed by atoms with Gasteiger partial charge in [0.25, 0.3) is 0 Å². The molecular formula is C22H29FN4O2. The summed E-state index contributed by atoms with van der Waals surface area (Å²) in [6, 6.07) is 14.1. The van der Waals surface area contributed by atoms with Gasteiger partial charge in [-0.3, -0.25) is 4.90 Å². The van der Waals surface area contributed by atoms with Crippen LogP contribution in [0, 0.1) is 5.82 Å². The number of carbonyl (C=O) groups is 1. The van der Waals surface area contributed by atoms with Crippen LogP contribution in [0.5, 0.6) is 5.75 Å². The first-order valence-electron chi connectivity index (χ1n) is 10.2. The minimum Gasteiger partial charge on any atom is -0.494 e. The maximum atomic E-state index is 13.9. The zero-order chi connectivity index (χ0) is 20.5. The Kier molecular flexibility index (Phi) is 7.69. The third kappa shape index (κ3) is 6.35. The van der Waals surface area contributed by atoms with Gasteiger partial charge in [0.1, 0.15) is 11.6 Å². The van der Waals surface area contributed by atoms with Gasteiger partial charge in [-0.15, -0.1) is 0 Å². The van der Waals surface area contributed by atoms with E-state index in [0.29, 0.717) is 18.8 Å². The highest BCUT2D eigenvalue weighted by molar-refractivity contribution is 5.89.